The third-order valence-corrected chi connectivity index (χ3v) is 6.52. The van der Waals surface area contributed by atoms with Crippen LogP contribution in [0.1, 0.15) is 43.1 Å². The van der Waals surface area contributed by atoms with Gasteiger partial charge in [0.25, 0.3) is 0 Å². The lowest BCUT2D eigenvalue weighted by atomic mass is 10.0. The molecule has 3 heterocycles. The number of ether oxygens (including phenoxy) is 1. The molecular formula is C22H28N4O3. The largest absolute Gasteiger partial charge is 0.364 e. The zero-order valence-electron chi connectivity index (χ0n) is 17.0. The molecule has 0 amide bonds. The Morgan fingerprint density at radius 2 is 1.86 bits per heavy atom. The van der Waals surface area contributed by atoms with Gasteiger partial charge in [0.15, 0.2) is 5.82 Å². The van der Waals surface area contributed by atoms with E-state index in [1.54, 1.807) is 4.57 Å². The van der Waals surface area contributed by atoms with Gasteiger partial charge in [-0.2, -0.15) is 5.10 Å². The monoisotopic (exact) mass is 396 g/mol. The summed E-state index contributed by atoms with van der Waals surface area (Å²) in [6, 6.07) is 8.76. The Balaban J connectivity index is 1.31. The molecule has 1 atom stereocenters. The first-order valence-electron chi connectivity index (χ1n) is 10.7. The molecule has 0 radical (unpaired) electrons. The van der Waals surface area contributed by atoms with Gasteiger partial charge in [-0.3, -0.25) is 19.1 Å². The number of hydrogen-bond donors (Lipinski definition) is 0. The molecule has 1 aromatic carbocycles. The molecule has 2 fully saturated rings. The molecule has 1 aromatic heterocycles. The quantitative estimate of drug-likeness (QED) is 0.718. The summed E-state index contributed by atoms with van der Waals surface area (Å²) in [5, 5.41) is 4.44. The molecule has 0 bridgehead atoms. The van der Waals surface area contributed by atoms with E-state index in [0.717, 1.165) is 45.3 Å². The SMILES string of the molecule is CCc1ccc(CN2CC[C@@]3(C2)Cn2c(nn(CC4CC4)c(=O)c2=O)CO3)cc1. The Morgan fingerprint density at radius 3 is 2.59 bits per heavy atom. The molecule has 1 saturated carbocycles. The highest BCUT2D eigenvalue weighted by Gasteiger charge is 2.43. The third kappa shape index (κ3) is 3.69. The number of rotatable bonds is 5. The van der Waals surface area contributed by atoms with Crippen molar-refractivity contribution in [3.63, 3.8) is 0 Å². The molecule has 7 nitrogen and oxygen atoms in total. The molecule has 2 aliphatic heterocycles. The van der Waals surface area contributed by atoms with Gasteiger partial charge in [-0.25, -0.2) is 4.68 Å². The van der Waals surface area contributed by atoms with Crippen molar-refractivity contribution in [2.75, 3.05) is 13.1 Å². The van der Waals surface area contributed by atoms with Crippen LogP contribution in [0.2, 0.25) is 0 Å². The summed E-state index contributed by atoms with van der Waals surface area (Å²) >= 11 is 0. The van der Waals surface area contributed by atoms with Gasteiger partial charge in [-0.05, 0) is 42.7 Å². The normalized spacial score (nSPS) is 24.2. The highest BCUT2D eigenvalue weighted by atomic mass is 16.5. The van der Waals surface area contributed by atoms with Crippen LogP contribution in [0.15, 0.2) is 33.9 Å². The lowest BCUT2D eigenvalue weighted by Gasteiger charge is -2.35. The lowest BCUT2D eigenvalue weighted by molar-refractivity contribution is -0.0859. The van der Waals surface area contributed by atoms with Gasteiger partial charge in [0, 0.05) is 26.2 Å². The van der Waals surface area contributed by atoms with E-state index in [1.165, 1.54) is 15.8 Å². The zero-order chi connectivity index (χ0) is 20.0. The van der Waals surface area contributed by atoms with Crippen LogP contribution < -0.4 is 11.1 Å². The van der Waals surface area contributed by atoms with E-state index in [1.807, 2.05) is 0 Å². The summed E-state index contributed by atoms with van der Waals surface area (Å²) in [6.45, 7) is 5.98. The number of hydrogen-bond acceptors (Lipinski definition) is 5. The Bertz CT molecular complexity index is 1020. The average Bonchev–Trinajstić information content (AvgIpc) is 3.48. The fourth-order valence-corrected chi connectivity index (χ4v) is 4.52. The number of fused-ring (bicyclic) bond motifs is 1. The smallest absolute Gasteiger partial charge is 0.332 e. The van der Waals surface area contributed by atoms with Gasteiger partial charge in [-0.1, -0.05) is 31.2 Å². The van der Waals surface area contributed by atoms with Gasteiger partial charge in [0.2, 0.25) is 0 Å². The topological polar surface area (TPSA) is 69.4 Å². The van der Waals surface area contributed by atoms with E-state index in [0.29, 0.717) is 31.4 Å². The molecule has 1 saturated heterocycles. The maximum Gasteiger partial charge on any atom is 0.332 e. The second-order valence-corrected chi connectivity index (χ2v) is 8.84. The lowest BCUT2D eigenvalue weighted by Crippen LogP contribution is -2.53. The molecule has 1 spiro atoms. The molecule has 0 unspecified atom stereocenters. The first-order chi connectivity index (χ1) is 14.0. The summed E-state index contributed by atoms with van der Waals surface area (Å²) in [5.74, 6) is 1.07. The van der Waals surface area contributed by atoms with Crippen LogP contribution in [0.3, 0.4) is 0 Å². The second kappa shape index (κ2) is 7.22. The molecule has 2 aromatic rings. The van der Waals surface area contributed by atoms with Crippen molar-refractivity contribution >= 4 is 0 Å². The van der Waals surface area contributed by atoms with Gasteiger partial charge in [0.1, 0.15) is 12.2 Å². The van der Waals surface area contributed by atoms with Gasteiger partial charge in [0.05, 0.1) is 6.54 Å². The zero-order valence-corrected chi connectivity index (χ0v) is 17.0. The van der Waals surface area contributed by atoms with E-state index >= 15 is 0 Å². The Kier molecular flexibility index (Phi) is 4.67. The minimum absolute atomic E-state index is 0.291. The summed E-state index contributed by atoms with van der Waals surface area (Å²) in [4.78, 5) is 27.6. The first kappa shape index (κ1) is 18.8. The Hall–Kier alpha value is -2.25. The second-order valence-electron chi connectivity index (χ2n) is 8.84. The molecule has 5 rings (SSSR count). The highest BCUT2D eigenvalue weighted by Crippen LogP contribution is 2.32. The number of likely N-dealkylation sites (tertiary alicyclic amines) is 1. The minimum atomic E-state index is -0.497. The maximum absolute atomic E-state index is 12.7. The van der Waals surface area contributed by atoms with E-state index in [2.05, 4.69) is 41.2 Å². The summed E-state index contributed by atoms with van der Waals surface area (Å²) in [7, 11) is 0. The number of benzene rings is 1. The molecule has 154 valence electrons. The van der Waals surface area contributed by atoms with Gasteiger partial charge < -0.3 is 4.74 Å². The van der Waals surface area contributed by atoms with Crippen LogP contribution in [0.5, 0.6) is 0 Å². The fourth-order valence-electron chi connectivity index (χ4n) is 4.52. The predicted molar refractivity (Wildman–Crippen MR) is 109 cm³/mol. The van der Waals surface area contributed by atoms with Crippen LogP contribution in [0.25, 0.3) is 0 Å². The van der Waals surface area contributed by atoms with E-state index in [-0.39, 0.29) is 0 Å². The van der Waals surface area contributed by atoms with Crippen molar-refractivity contribution in [1.29, 1.82) is 0 Å². The maximum atomic E-state index is 12.7. The number of aryl methyl sites for hydroxylation is 1. The third-order valence-electron chi connectivity index (χ3n) is 6.52. The van der Waals surface area contributed by atoms with E-state index < -0.39 is 16.7 Å². The number of nitrogens with zero attached hydrogens (tertiary/aromatic N) is 4. The van der Waals surface area contributed by atoms with Crippen molar-refractivity contribution < 1.29 is 4.74 Å². The van der Waals surface area contributed by atoms with Crippen molar-refractivity contribution in [2.45, 2.75) is 64.4 Å². The van der Waals surface area contributed by atoms with Crippen LogP contribution in [0, 0.1) is 5.92 Å². The first-order valence-corrected chi connectivity index (χ1v) is 10.7. The molecule has 29 heavy (non-hydrogen) atoms. The van der Waals surface area contributed by atoms with Gasteiger partial charge >= 0.3 is 11.1 Å². The van der Waals surface area contributed by atoms with Crippen molar-refractivity contribution in [2.24, 2.45) is 5.92 Å². The minimum Gasteiger partial charge on any atom is -0.364 e. The molecular weight excluding hydrogens is 368 g/mol. The number of aromatic nitrogens is 3. The predicted octanol–water partition coefficient (Wildman–Crippen LogP) is 1.55. The van der Waals surface area contributed by atoms with Crippen LogP contribution in [0.4, 0.5) is 0 Å². The Labute approximate surface area is 169 Å². The van der Waals surface area contributed by atoms with Crippen molar-refractivity contribution in [1.82, 2.24) is 19.2 Å². The van der Waals surface area contributed by atoms with Crippen molar-refractivity contribution in [3.8, 4) is 0 Å². The summed E-state index contributed by atoms with van der Waals surface area (Å²) < 4.78 is 9.17. The van der Waals surface area contributed by atoms with Gasteiger partial charge in [-0.15, -0.1) is 0 Å². The van der Waals surface area contributed by atoms with Crippen LogP contribution in [-0.4, -0.2) is 37.9 Å². The molecule has 0 N–H and O–H groups in total. The van der Waals surface area contributed by atoms with E-state index in [4.69, 9.17) is 4.74 Å². The standard InChI is InChI=1S/C22H28N4O3/c1-2-16-3-5-17(6-4-16)11-24-10-9-22(14-24)15-25-19(13-29-22)23-26(12-18-7-8-18)21(28)20(25)27/h3-6,18H,2,7-15H2,1H3/t22-/m1/s1. The molecule has 3 aliphatic rings. The fraction of sp³-hybridized carbons (Fsp3) is 0.591. The van der Waals surface area contributed by atoms with E-state index in [9.17, 15) is 9.59 Å². The van der Waals surface area contributed by atoms with Crippen molar-refractivity contribution in [3.05, 3.63) is 61.9 Å². The van der Waals surface area contributed by atoms with Crippen LogP contribution >= 0.6 is 0 Å². The molecule has 7 heteroatoms. The molecule has 1 aliphatic carbocycles. The Morgan fingerprint density at radius 1 is 1.10 bits per heavy atom. The highest BCUT2D eigenvalue weighted by molar-refractivity contribution is 5.22. The van der Waals surface area contributed by atoms with Crippen LogP contribution in [-0.2, 0) is 37.4 Å². The average molecular weight is 396 g/mol. The summed E-state index contributed by atoms with van der Waals surface area (Å²) in [5.41, 5.74) is 1.28. The summed E-state index contributed by atoms with van der Waals surface area (Å²) in [6.07, 6.45) is 4.13.